The Morgan fingerprint density at radius 3 is 2.71 bits per heavy atom. The summed E-state index contributed by atoms with van der Waals surface area (Å²) in [6, 6.07) is 13.1. The Morgan fingerprint density at radius 2 is 1.94 bits per heavy atom. The quantitative estimate of drug-likeness (QED) is 0.403. The molecule has 31 heavy (non-hydrogen) atoms. The zero-order valence-electron chi connectivity index (χ0n) is 15.9. The second kappa shape index (κ2) is 9.27. The minimum atomic E-state index is -0.458. The molecule has 158 valence electrons. The van der Waals surface area contributed by atoms with Crippen LogP contribution in [0.3, 0.4) is 0 Å². The highest BCUT2D eigenvalue weighted by Gasteiger charge is 2.13. The van der Waals surface area contributed by atoms with Gasteiger partial charge in [-0.05, 0) is 48.0 Å². The summed E-state index contributed by atoms with van der Waals surface area (Å²) in [5.41, 5.74) is 0.868. The monoisotopic (exact) mass is 504 g/mol. The Labute approximate surface area is 189 Å². The van der Waals surface area contributed by atoms with Gasteiger partial charge >= 0.3 is 0 Å². The molecule has 0 saturated heterocycles. The lowest BCUT2D eigenvalue weighted by atomic mass is 10.2. The molecule has 4 rings (SSSR count). The van der Waals surface area contributed by atoms with Crippen LogP contribution in [0.25, 0.3) is 0 Å². The first-order valence-corrected chi connectivity index (χ1v) is 10.2. The van der Waals surface area contributed by atoms with E-state index in [4.69, 9.17) is 16.3 Å². The molecule has 0 bridgehead atoms. The van der Waals surface area contributed by atoms with Gasteiger partial charge in [0.1, 0.15) is 17.9 Å². The number of carbonyl (C=O) groups excluding carboxylic acids is 1. The summed E-state index contributed by atoms with van der Waals surface area (Å²) in [6.07, 6.45) is 3.08. The summed E-state index contributed by atoms with van der Waals surface area (Å²) in [7, 11) is 0. The summed E-state index contributed by atoms with van der Waals surface area (Å²) in [6.45, 7) is 0.435. The molecule has 1 amide bonds. The van der Waals surface area contributed by atoms with Gasteiger partial charge in [0.15, 0.2) is 12.4 Å². The van der Waals surface area contributed by atoms with Crippen LogP contribution >= 0.6 is 27.5 Å². The van der Waals surface area contributed by atoms with Crippen LogP contribution in [0.5, 0.6) is 5.75 Å². The molecular formula is C20H15BrClFN6O2. The fourth-order valence-corrected chi connectivity index (χ4v) is 3.14. The Kier molecular flexibility index (Phi) is 6.28. The number of nitrogens with one attached hydrogen (secondary N) is 1. The number of amides is 1. The number of aromatic nitrogens is 5. The summed E-state index contributed by atoms with van der Waals surface area (Å²) >= 11 is 9.39. The van der Waals surface area contributed by atoms with Gasteiger partial charge < -0.3 is 4.74 Å². The molecule has 0 radical (unpaired) electrons. The number of nitrogens with zero attached hydrogens (tertiary/aromatic N) is 5. The van der Waals surface area contributed by atoms with E-state index in [0.717, 1.165) is 4.47 Å². The van der Waals surface area contributed by atoms with E-state index in [1.54, 1.807) is 18.3 Å². The molecule has 2 aromatic carbocycles. The van der Waals surface area contributed by atoms with Crippen molar-refractivity contribution in [3.63, 3.8) is 0 Å². The number of carbonyl (C=O) groups is 1. The van der Waals surface area contributed by atoms with Crippen molar-refractivity contribution in [2.45, 2.75) is 13.3 Å². The third-order valence-corrected chi connectivity index (χ3v) is 5.04. The lowest BCUT2D eigenvalue weighted by Crippen LogP contribution is -2.15. The highest BCUT2D eigenvalue weighted by atomic mass is 79.9. The molecule has 0 spiro atoms. The van der Waals surface area contributed by atoms with Crippen LogP contribution in [-0.2, 0) is 13.3 Å². The van der Waals surface area contributed by atoms with Gasteiger partial charge in [-0.1, -0.05) is 33.6 Å². The van der Waals surface area contributed by atoms with Crippen molar-refractivity contribution in [2.24, 2.45) is 0 Å². The molecule has 2 aromatic heterocycles. The van der Waals surface area contributed by atoms with Crippen molar-refractivity contribution < 1.29 is 13.9 Å². The molecular weight excluding hydrogens is 491 g/mol. The van der Waals surface area contributed by atoms with Gasteiger partial charge in [0.25, 0.3) is 5.91 Å². The van der Waals surface area contributed by atoms with Crippen molar-refractivity contribution >= 4 is 39.4 Å². The number of benzene rings is 2. The largest absolute Gasteiger partial charge is 0.471 e. The second-order valence-corrected chi connectivity index (χ2v) is 7.75. The number of ether oxygens (including phenoxy) is 1. The Morgan fingerprint density at radius 1 is 1.13 bits per heavy atom. The fourth-order valence-electron chi connectivity index (χ4n) is 2.64. The van der Waals surface area contributed by atoms with E-state index in [-0.39, 0.29) is 29.9 Å². The average molecular weight is 506 g/mol. The first-order chi connectivity index (χ1) is 15.0. The Hall–Kier alpha value is -3.24. The van der Waals surface area contributed by atoms with Crippen molar-refractivity contribution in [3.8, 4) is 5.75 Å². The van der Waals surface area contributed by atoms with E-state index in [2.05, 4.69) is 36.4 Å². The number of hydrogen-bond donors (Lipinski definition) is 1. The summed E-state index contributed by atoms with van der Waals surface area (Å²) < 4.78 is 22.7. The predicted octanol–water partition coefficient (Wildman–Crippen LogP) is 4.37. The highest BCUT2D eigenvalue weighted by Crippen LogP contribution is 2.18. The van der Waals surface area contributed by atoms with E-state index >= 15 is 0 Å². The van der Waals surface area contributed by atoms with Crippen LogP contribution < -0.4 is 10.1 Å². The van der Waals surface area contributed by atoms with Crippen molar-refractivity contribution in [1.29, 1.82) is 0 Å². The maximum absolute atomic E-state index is 13.2. The first-order valence-electron chi connectivity index (χ1n) is 9.03. The lowest BCUT2D eigenvalue weighted by Gasteiger charge is -2.06. The predicted molar refractivity (Wildman–Crippen MR) is 115 cm³/mol. The molecule has 8 nitrogen and oxygen atoms in total. The molecule has 0 unspecified atom stereocenters. The van der Waals surface area contributed by atoms with E-state index in [9.17, 15) is 9.18 Å². The van der Waals surface area contributed by atoms with Gasteiger partial charge in [0.2, 0.25) is 5.95 Å². The van der Waals surface area contributed by atoms with Crippen molar-refractivity contribution in [2.75, 3.05) is 5.32 Å². The van der Waals surface area contributed by atoms with Crippen LogP contribution in [0, 0.1) is 5.82 Å². The van der Waals surface area contributed by atoms with E-state index in [1.807, 2.05) is 24.3 Å². The smallest absolute Gasteiger partial charge is 0.278 e. The molecule has 2 heterocycles. The van der Waals surface area contributed by atoms with Gasteiger partial charge in [0.05, 0.1) is 6.54 Å². The molecule has 11 heteroatoms. The minimum absolute atomic E-state index is 0.115. The molecule has 0 aliphatic rings. The summed E-state index contributed by atoms with van der Waals surface area (Å²) in [5.74, 6) is -0.0773. The molecule has 0 atom stereocenters. The highest BCUT2D eigenvalue weighted by molar-refractivity contribution is 9.10. The second-order valence-electron chi connectivity index (χ2n) is 6.42. The van der Waals surface area contributed by atoms with Gasteiger partial charge in [0, 0.05) is 15.7 Å². The summed E-state index contributed by atoms with van der Waals surface area (Å²) in [5, 5.41) is 11.2. The van der Waals surface area contributed by atoms with Crippen LogP contribution in [0.1, 0.15) is 16.1 Å². The number of rotatable bonds is 7. The minimum Gasteiger partial charge on any atom is -0.471 e. The van der Waals surface area contributed by atoms with Crippen molar-refractivity contribution in [1.82, 2.24) is 24.5 Å². The zero-order valence-corrected chi connectivity index (χ0v) is 18.2. The number of hydrogen-bond acceptors (Lipinski definition) is 5. The fraction of sp³-hybridized carbons (Fsp3) is 0.100. The van der Waals surface area contributed by atoms with E-state index in [0.29, 0.717) is 11.3 Å². The Bertz CT molecular complexity index is 1210. The standard InChI is InChI=1S/C20H15BrClFN6O2/c21-14-2-5-16(6-3-14)31-12-28-8-7-18(26-28)19(30)25-20-24-11-29(27-20)10-13-1-4-15(23)9-17(13)22/h1-9,11H,10,12H2,(H,25,27,30). The zero-order chi connectivity index (χ0) is 21.8. The topological polar surface area (TPSA) is 86.9 Å². The van der Waals surface area contributed by atoms with Gasteiger partial charge in [-0.15, -0.1) is 5.10 Å². The number of anilines is 1. The SMILES string of the molecule is O=C(Nc1ncn(Cc2ccc(F)cc2Cl)n1)c1ccn(COc2ccc(Br)cc2)n1. The van der Waals surface area contributed by atoms with Gasteiger partial charge in [-0.25, -0.2) is 18.7 Å². The van der Waals surface area contributed by atoms with Crippen LogP contribution in [-0.4, -0.2) is 30.5 Å². The average Bonchev–Trinajstić information content (AvgIpc) is 3.39. The van der Waals surface area contributed by atoms with Gasteiger partial charge in [-0.3, -0.25) is 10.1 Å². The molecule has 0 aliphatic carbocycles. The lowest BCUT2D eigenvalue weighted by molar-refractivity contribution is 0.101. The van der Waals surface area contributed by atoms with Crippen LogP contribution in [0.4, 0.5) is 10.3 Å². The molecule has 0 fully saturated rings. The van der Waals surface area contributed by atoms with Gasteiger partial charge in [-0.2, -0.15) is 5.10 Å². The third kappa shape index (κ3) is 5.47. The van der Waals surface area contributed by atoms with Crippen LogP contribution in [0.2, 0.25) is 5.02 Å². The van der Waals surface area contributed by atoms with E-state index in [1.165, 1.54) is 27.8 Å². The molecule has 0 saturated carbocycles. The van der Waals surface area contributed by atoms with E-state index < -0.39 is 11.7 Å². The Balaban J connectivity index is 1.34. The number of halogens is 3. The molecule has 0 aliphatic heterocycles. The normalized spacial score (nSPS) is 10.8. The molecule has 1 N–H and O–H groups in total. The van der Waals surface area contributed by atoms with Crippen LogP contribution in [0.15, 0.2) is 65.5 Å². The third-order valence-electron chi connectivity index (χ3n) is 4.16. The summed E-state index contributed by atoms with van der Waals surface area (Å²) in [4.78, 5) is 16.5. The first kappa shape index (κ1) is 21.0. The van der Waals surface area contributed by atoms with Crippen molar-refractivity contribution in [3.05, 3.63) is 87.6 Å². The maximum atomic E-state index is 13.2. The maximum Gasteiger partial charge on any atom is 0.278 e. The molecule has 4 aromatic rings.